The third-order valence-electron chi connectivity index (χ3n) is 5.59. The molecule has 0 spiro atoms. The van der Waals surface area contributed by atoms with E-state index in [0.717, 1.165) is 12.8 Å². The van der Waals surface area contributed by atoms with Crippen LogP contribution in [0.2, 0.25) is 0 Å². The first-order valence-corrected chi connectivity index (χ1v) is 13.0. The Labute approximate surface area is 228 Å². The Morgan fingerprint density at radius 3 is 1.97 bits per heavy atom. The first kappa shape index (κ1) is 28.3. The Bertz CT molecular complexity index is 1220. The van der Waals surface area contributed by atoms with Crippen molar-refractivity contribution in [1.29, 1.82) is 0 Å². The molecule has 38 heavy (non-hydrogen) atoms. The van der Waals surface area contributed by atoms with E-state index < -0.39 is 11.8 Å². The van der Waals surface area contributed by atoms with E-state index in [1.807, 2.05) is 6.07 Å². The minimum atomic E-state index is -0.460. The van der Waals surface area contributed by atoms with Crippen LogP contribution in [0.25, 0.3) is 0 Å². The topological polar surface area (TPSA) is 109 Å². The van der Waals surface area contributed by atoms with Gasteiger partial charge in [-0.15, -0.1) is 0 Å². The second-order valence-electron chi connectivity index (χ2n) is 8.55. The van der Waals surface area contributed by atoms with Crippen LogP contribution >= 0.6 is 12.2 Å². The molecule has 3 rings (SSSR count). The molecule has 3 aromatic carbocycles. The third kappa shape index (κ3) is 9.33. The molecule has 0 saturated carbocycles. The molecule has 0 heterocycles. The number of carbonyl (C=O) groups excluding carboxylic acids is 3. The van der Waals surface area contributed by atoms with E-state index in [1.165, 1.54) is 19.3 Å². The molecule has 3 amide bonds. The number of hydrogen-bond acceptors (Lipinski definition) is 5. The van der Waals surface area contributed by atoms with Crippen molar-refractivity contribution in [3.8, 4) is 5.75 Å². The average molecular weight is 533 g/mol. The molecule has 0 bridgehead atoms. The summed E-state index contributed by atoms with van der Waals surface area (Å²) in [5.74, 6) is -0.415. The Balaban J connectivity index is 1.39. The molecular formula is C29H32N4O4S. The van der Waals surface area contributed by atoms with Crippen LogP contribution < -0.4 is 26.2 Å². The minimum absolute atomic E-state index is 0.0532. The second-order valence-corrected chi connectivity index (χ2v) is 8.96. The monoisotopic (exact) mass is 532 g/mol. The van der Waals surface area contributed by atoms with Crippen LogP contribution in [0.5, 0.6) is 5.75 Å². The smallest absolute Gasteiger partial charge is 0.269 e. The molecule has 0 aliphatic rings. The van der Waals surface area contributed by atoms with Crippen molar-refractivity contribution in [2.75, 3.05) is 11.9 Å². The van der Waals surface area contributed by atoms with E-state index in [9.17, 15) is 14.4 Å². The summed E-state index contributed by atoms with van der Waals surface area (Å²) in [5.41, 5.74) is 6.78. The maximum Gasteiger partial charge on any atom is 0.269 e. The van der Waals surface area contributed by atoms with Crippen LogP contribution in [0.1, 0.15) is 70.1 Å². The summed E-state index contributed by atoms with van der Waals surface area (Å²) in [6, 6.07) is 22.0. The predicted octanol–water partition coefficient (Wildman–Crippen LogP) is 5.24. The van der Waals surface area contributed by atoms with Crippen LogP contribution in [0.3, 0.4) is 0 Å². The van der Waals surface area contributed by atoms with Gasteiger partial charge in [0.05, 0.1) is 6.61 Å². The summed E-state index contributed by atoms with van der Waals surface area (Å²) < 4.78 is 5.72. The van der Waals surface area contributed by atoms with Crippen molar-refractivity contribution in [3.63, 3.8) is 0 Å². The molecule has 0 atom stereocenters. The van der Waals surface area contributed by atoms with E-state index >= 15 is 0 Å². The molecule has 0 aliphatic heterocycles. The Hall–Kier alpha value is -4.24. The molecule has 0 aliphatic carbocycles. The summed E-state index contributed by atoms with van der Waals surface area (Å²) in [6.07, 6.45) is 5.82. The van der Waals surface area contributed by atoms with Gasteiger partial charge in [-0.2, -0.15) is 0 Å². The number of ether oxygens (including phenoxy) is 1. The molecule has 0 radical (unpaired) electrons. The molecule has 0 saturated heterocycles. The largest absolute Gasteiger partial charge is 0.494 e. The SMILES string of the molecule is CCCCCCCOc1ccc(C(=O)NC(=S)NNC(=O)c2ccc(NC(=O)c3ccccc3)cc2)cc1. The van der Waals surface area contributed by atoms with E-state index in [-0.39, 0.29) is 11.0 Å². The van der Waals surface area contributed by atoms with Crippen molar-refractivity contribution in [1.82, 2.24) is 16.2 Å². The number of nitrogens with one attached hydrogen (secondary N) is 4. The van der Waals surface area contributed by atoms with Crippen LogP contribution in [-0.4, -0.2) is 29.4 Å². The zero-order chi connectivity index (χ0) is 27.2. The summed E-state index contributed by atoms with van der Waals surface area (Å²) in [5, 5.41) is 5.24. The number of benzene rings is 3. The summed E-state index contributed by atoms with van der Waals surface area (Å²) in [4.78, 5) is 37.1. The van der Waals surface area contributed by atoms with Gasteiger partial charge < -0.3 is 10.1 Å². The summed E-state index contributed by atoms with van der Waals surface area (Å²) >= 11 is 5.11. The second kappa shape index (κ2) is 15.1. The van der Waals surface area contributed by atoms with Crippen LogP contribution in [0.15, 0.2) is 78.9 Å². The zero-order valence-corrected chi connectivity index (χ0v) is 22.1. The summed E-state index contributed by atoms with van der Waals surface area (Å²) in [7, 11) is 0. The van der Waals surface area contributed by atoms with Gasteiger partial charge in [-0.3, -0.25) is 30.6 Å². The Morgan fingerprint density at radius 2 is 1.29 bits per heavy atom. The fourth-order valence-electron chi connectivity index (χ4n) is 3.49. The van der Waals surface area contributed by atoms with Gasteiger partial charge in [0.2, 0.25) is 0 Å². The van der Waals surface area contributed by atoms with E-state index in [2.05, 4.69) is 28.4 Å². The third-order valence-corrected chi connectivity index (χ3v) is 5.79. The van der Waals surface area contributed by atoms with Gasteiger partial charge >= 0.3 is 0 Å². The fraction of sp³-hybridized carbons (Fsp3) is 0.241. The summed E-state index contributed by atoms with van der Waals surface area (Å²) in [6.45, 7) is 2.83. The van der Waals surface area contributed by atoms with Crippen molar-refractivity contribution in [3.05, 3.63) is 95.6 Å². The number of unbranched alkanes of at least 4 members (excludes halogenated alkanes) is 4. The number of hydrogen-bond donors (Lipinski definition) is 4. The highest BCUT2D eigenvalue weighted by atomic mass is 32.1. The highest BCUT2D eigenvalue weighted by molar-refractivity contribution is 7.80. The standard InChI is InChI=1S/C29H32N4O4S/c1-2-3-4-5-9-20-37-25-18-14-22(15-19-25)27(35)31-29(38)33-32-28(36)23-12-16-24(17-13-23)30-26(34)21-10-7-6-8-11-21/h6-8,10-19H,2-5,9,20H2,1H3,(H,30,34)(H,32,36)(H2,31,33,35,38). The highest BCUT2D eigenvalue weighted by Crippen LogP contribution is 2.14. The first-order chi connectivity index (χ1) is 18.5. The number of rotatable bonds is 11. The number of hydrazine groups is 1. The van der Waals surface area contributed by atoms with Crippen molar-refractivity contribution in [2.24, 2.45) is 0 Å². The lowest BCUT2D eigenvalue weighted by atomic mass is 10.1. The lowest BCUT2D eigenvalue weighted by molar-refractivity contribution is 0.0934. The Morgan fingerprint density at radius 1 is 0.684 bits per heavy atom. The van der Waals surface area contributed by atoms with E-state index in [1.54, 1.807) is 72.8 Å². The molecule has 9 heteroatoms. The van der Waals surface area contributed by atoms with Gasteiger partial charge in [0.1, 0.15) is 5.75 Å². The number of amides is 3. The number of thiocarbonyl (C=S) groups is 1. The lowest BCUT2D eigenvalue weighted by Gasteiger charge is -2.12. The number of carbonyl (C=O) groups is 3. The van der Waals surface area contributed by atoms with Gasteiger partial charge in [-0.05, 0) is 79.3 Å². The molecular weight excluding hydrogens is 500 g/mol. The molecule has 4 N–H and O–H groups in total. The van der Waals surface area contributed by atoms with E-state index in [4.69, 9.17) is 17.0 Å². The number of anilines is 1. The minimum Gasteiger partial charge on any atom is -0.494 e. The molecule has 198 valence electrons. The van der Waals surface area contributed by atoms with Crippen LogP contribution in [0.4, 0.5) is 5.69 Å². The zero-order valence-electron chi connectivity index (χ0n) is 21.3. The van der Waals surface area contributed by atoms with Gasteiger partial charge in [0.15, 0.2) is 5.11 Å². The fourth-order valence-corrected chi connectivity index (χ4v) is 3.63. The van der Waals surface area contributed by atoms with Crippen LogP contribution in [-0.2, 0) is 0 Å². The normalized spacial score (nSPS) is 10.2. The predicted molar refractivity (Wildman–Crippen MR) is 152 cm³/mol. The quantitative estimate of drug-likeness (QED) is 0.153. The van der Waals surface area contributed by atoms with Gasteiger partial charge in [0.25, 0.3) is 17.7 Å². The maximum absolute atomic E-state index is 12.4. The van der Waals surface area contributed by atoms with Gasteiger partial charge in [-0.1, -0.05) is 50.8 Å². The first-order valence-electron chi connectivity index (χ1n) is 12.6. The highest BCUT2D eigenvalue weighted by Gasteiger charge is 2.11. The van der Waals surface area contributed by atoms with Crippen molar-refractivity contribution >= 4 is 40.7 Å². The van der Waals surface area contributed by atoms with Crippen molar-refractivity contribution in [2.45, 2.75) is 39.0 Å². The average Bonchev–Trinajstić information content (AvgIpc) is 2.94. The van der Waals surface area contributed by atoms with Gasteiger partial charge in [-0.25, -0.2) is 0 Å². The molecule has 0 aromatic heterocycles. The van der Waals surface area contributed by atoms with Crippen LogP contribution in [0, 0.1) is 0 Å². The molecule has 0 fully saturated rings. The van der Waals surface area contributed by atoms with E-state index in [0.29, 0.717) is 34.7 Å². The van der Waals surface area contributed by atoms with Crippen molar-refractivity contribution < 1.29 is 19.1 Å². The molecule has 8 nitrogen and oxygen atoms in total. The van der Waals surface area contributed by atoms with Gasteiger partial charge in [0, 0.05) is 22.4 Å². The molecule has 0 unspecified atom stereocenters. The lowest BCUT2D eigenvalue weighted by Crippen LogP contribution is -2.48. The molecule has 3 aromatic rings. The maximum atomic E-state index is 12.4. The Kier molecular flexibility index (Phi) is 11.3.